The molecule has 0 bridgehead atoms. The van der Waals surface area contributed by atoms with Crippen LogP contribution in [0.4, 0.5) is 19.0 Å². The number of hydrogen-bond donors (Lipinski definition) is 2. The van der Waals surface area contributed by atoms with Gasteiger partial charge in [-0.05, 0) is 43.4 Å². The number of aliphatic imine (C=N–C) groups is 1. The van der Waals surface area contributed by atoms with Crippen LogP contribution >= 0.6 is 0 Å². The van der Waals surface area contributed by atoms with E-state index >= 15 is 0 Å². The van der Waals surface area contributed by atoms with Gasteiger partial charge in [-0.1, -0.05) is 0 Å². The van der Waals surface area contributed by atoms with Gasteiger partial charge in [0.05, 0.1) is 6.54 Å². The second kappa shape index (κ2) is 9.45. The number of nitrogens with zero attached hydrogens (tertiary/aromatic N) is 4. The van der Waals surface area contributed by atoms with Gasteiger partial charge >= 0.3 is 6.18 Å². The molecular weight excluding hydrogens is 369 g/mol. The zero-order valence-corrected chi connectivity index (χ0v) is 16.3. The van der Waals surface area contributed by atoms with Crippen molar-refractivity contribution < 1.29 is 13.2 Å². The summed E-state index contributed by atoms with van der Waals surface area (Å²) in [6, 6.07) is 4.02. The molecule has 1 aromatic heterocycles. The first kappa shape index (κ1) is 20.7. The van der Waals surface area contributed by atoms with Crippen LogP contribution in [0.1, 0.15) is 31.2 Å². The molecule has 0 amide bonds. The summed E-state index contributed by atoms with van der Waals surface area (Å²) in [6.07, 6.45) is 2.03. The fourth-order valence-electron chi connectivity index (χ4n) is 3.79. The largest absolute Gasteiger partial charge is 0.401 e. The number of piperidine rings is 1. The van der Waals surface area contributed by atoms with Gasteiger partial charge in [0, 0.05) is 52.0 Å². The Balaban J connectivity index is 1.48. The molecule has 28 heavy (non-hydrogen) atoms. The molecule has 9 heteroatoms. The summed E-state index contributed by atoms with van der Waals surface area (Å²) in [4.78, 5) is 12.4. The minimum absolute atomic E-state index is 0.0325. The van der Waals surface area contributed by atoms with E-state index in [2.05, 4.69) is 31.6 Å². The summed E-state index contributed by atoms with van der Waals surface area (Å²) < 4.78 is 37.6. The van der Waals surface area contributed by atoms with Crippen LogP contribution in [0.5, 0.6) is 0 Å². The van der Waals surface area contributed by atoms with E-state index < -0.39 is 12.7 Å². The zero-order valence-electron chi connectivity index (χ0n) is 16.3. The Morgan fingerprint density at radius 1 is 1.25 bits per heavy atom. The maximum atomic E-state index is 12.5. The zero-order chi connectivity index (χ0) is 20.0. The molecule has 2 aliphatic rings. The third-order valence-electron chi connectivity index (χ3n) is 5.19. The third-order valence-corrected chi connectivity index (χ3v) is 5.19. The summed E-state index contributed by atoms with van der Waals surface area (Å²) in [5, 5.41) is 6.49. The Morgan fingerprint density at radius 2 is 2.04 bits per heavy atom. The smallest absolute Gasteiger partial charge is 0.357 e. The van der Waals surface area contributed by atoms with Crippen molar-refractivity contribution in [3.63, 3.8) is 0 Å². The maximum absolute atomic E-state index is 12.5. The van der Waals surface area contributed by atoms with Crippen molar-refractivity contribution in [3.8, 4) is 0 Å². The quantitative estimate of drug-likeness (QED) is 0.589. The van der Waals surface area contributed by atoms with Crippen LogP contribution in [0.3, 0.4) is 0 Å². The number of anilines is 1. The highest BCUT2D eigenvalue weighted by Gasteiger charge is 2.34. The lowest BCUT2D eigenvalue weighted by Gasteiger charge is -2.28. The molecule has 1 unspecified atom stereocenters. The molecule has 0 aromatic carbocycles. The Bertz CT molecular complexity index is 657. The number of alkyl halides is 3. The van der Waals surface area contributed by atoms with Gasteiger partial charge in [0.25, 0.3) is 0 Å². The lowest BCUT2D eigenvalue weighted by Crippen LogP contribution is -2.44. The minimum atomic E-state index is -4.15. The molecule has 0 saturated carbocycles. The first-order chi connectivity index (χ1) is 13.4. The molecule has 0 radical (unpaired) electrons. The fourth-order valence-corrected chi connectivity index (χ4v) is 3.79. The van der Waals surface area contributed by atoms with Gasteiger partial charge in [-0.3, -0.25) is 9.89 Å². The Hall–Kier alpha value is -2.03. The second-order valence-corrected chi connectivity index (χ2v) is 7.48. The van der Waals surface area contributed by atoms with E-state index in [4.69, 9.17) is 0 Å². The fraction of sp³-hybridized carbons (Fsp3) is 0.684. The lowest BCUT2D eigenvalue weighted by atomic mass is 10.1. The van der Waals surface area contributed by atoms with Crippen LogP contribution in [0.2, 0.25) is 0 Å². The van der Waals surface area contributed by atoms with E-state index in [1.807, 2.05) is 12.3 Å². The summed E-state index contributed by atoms with van der Waals surface area (Å²) in [5.74, 6) is 1.61. The highest BCUT2D eigenvalue weighted by molar-refractivity contribution is 5.80. The van der Waals surface area contributed by atoms with Gasteiger partial charge in [0.2, 0.25) is 0 Å². The number of likely N-dealkylation sites (tertiary alicyclic amines) is 1. The molecule has 2 saturated heterocycles. The molecule has 3 heterocycles. The van der Waals surface area contributed by atoms with Crippen molar-refractivity contribution in [2.45, 2.75) is 44.4 Å². The Kier molecular flexibility index (Phi) is 6.98. The molecule has 2 aliphatic heterocycles. The normalized spacial score (nSPS) is 21.8. The van der Waals surface area contributed by atoms with Crippen LogP contribution in [-0.2, 0) is 6.54 Å². The number of guanidine groups is 1. The van der Waals surface area contributed by atoms with Crippen molar-refractivity contribution >= 4 is 11.8 Å². The standard InChI is InChI=1S/C19H29F3N6/c1-23-18(26-16-6-10-27(13-16)14-19(20,21)22)25-12-15-5-7-24-17(11-15)28-8-3-2-4-9-28/h5,7,11,16H,2-4,6,8-10,12-14H2,1H3,(H2,23,25,26). The van der Waals surface area contributed by atoms with E-state index in [-0.39, 0.29) is 6.04 Å². The van der Waals surface area contributed by atoms with Gasteiger partial charge in [-0.2, -0.15) is 13.2 Å². The monoisotopic (exact) mass is 398 g/mol. The van der Waals surface area contributed by atoms with Gasteiger partial charge in [-0.25, -0.2) is 4.98 Å². The molecule has 6 nitrogen and oxygen atoms in total. The number of hydrogen-bond acceptors (Lipinski definition) is 4. The first-order valence-corrected chi connectivity index (χ1v) is 9.89. The highest BCUT2D eigenvalue weighted by Crippen LogP contribution is 2.20. The van der Waals surface area contributed by atoms with Gasteiger partial charge in [0.1, 0.15) is 5.82 Å². The summed E-state index contributed by atoms with van der Waals surface area (Å²) in [6.45, 7) is 2.63. The minimum Gasteiger partial charge on any atom is -0.357 e. The van der Waals surface area contributed by atoms with Crippen LogP contribution in [0.25, 0.3) is 0 Å². The summed E-state index contributed by atoms with van der Waals surface area (Å²) in [7, 11) is 1.67. The molecule has 1 aromatic rings. The van der Waals surface area contributed by atoms with Crippen LogP contribution in [0, 0.1) is 0 Å². The lowest BCUT2D eigenvalue weighted by molar-refractivity contribution is -0.143. The number of rotatable bonds is 5. The van der Waals surface area contributed by atoms with Crippen molar-refractivity contribution in [2.75, 3.05) is 44.7 Å². The maximum Gasteiger partial charge on any atom is 0.401 e. The van der Waals surface area contributed by atoms with Crippen LogP contribution < -0.4 is 15.5 Å². The molecule has 2 fully saturated rings. The van der Waals surface area contributed by atoms with Gasteiger partial charge in [-0.15, -0.1) is 0 Å². The second-order valence-electron chi connectivity index (χ2n) is 7.48. The molecule has 0 spiro atoms. The molecule has 2 N–H and O–H groups in total. The van der Waals surface area contributed by atoms with E-state index in [0.29, 0.717) is 32.0 Å². The Morgan fingerprint density at radius 3 is 2.75 bits per heavy atom. The SMILES string of the molecule is CN=C(NCc1ccnc(N2CCCCC2)c1)NC1CCN(CC(F)(F)F)C1. The average Bonchev–Trinajstić information content (AvgIpc) is 3.11. The topological polar surface area (TPSA) is 55.8 Å². The molecule has 3 rings (SSSR count). The van der Waals surface area contributed by atoms with Crippen LogP contribution in [-0.4, -0.2) is 67.8 Å². The predicted molar refractivity (Wildman–Crippen MR) is 105 cm³/mol. The predicted octanol–water partition coefficient (Wildman–Crippen LogP) is 2.37. The molecule has 0 aliphatic carbocycles. The Labute approximate surface area is 164 Å². The summed E-state index contributed by atoms with van der Waals surface area (Å²) in [5.41, 5.74) is 1.10. The van der Waals surface area contributed by atoms with Crippen molar-refractivity contribution in [3.05, 3.63) is 23.9 Å². The van der Waals surface area contributed by atoms with Crippen molar-refractivity contribution in [2.24, 2.45) is 4.99 Å². The number of nitrogens with one attached hydrogen (secondary N) is 2. The van der Waals surface area contributed by atoms with Crippen molar-refractivity contribution in [1.29, 1.82) is 0 Å². The first-order valence-electron chi connectivity index (χ1n) is 9.89. The van der Waals surface area contributed by atoms with Crippen molar-refractivity contribution in [1.82, 2.24) is 20.5 Å². The molecular formula is C19H29F3N6. The highest BCUT2D eigenvalue weighted by atomic mass is 19.4. The number of aromatic nitrogens is 1. The van der Waals surface area contributed by atoms with Gasteiger partial charge in [0.15, 0.2) is 5.96 Å². The van der Waals surface area contributed by atoms with E-state index in [0.717, 1.165) is 24.5 Å². The number of pyridine rings is 1. The third kappa shape index (κ3) is 6.25. The number of halogens is 3. The molecule has 156 valence electrons. The van der Waals surface area contributed by atoms with Crippen LogP contribution in [0.15, 0.2) is 23.3 Å². The van der Waals surface area contributed by atoms with E-state index in [1.54, 1.807) is 7.05 Å². The van der Waals surface area contributed by atoms with Gasteiger partial charge < -0.3 is 15.5 Å². The van der Waals surface area contributed by atoms with E-state index in [1.165, 1.54) is 24.2 Å². The average molecular weight is 398 g/mol. The van der Waals surface area contributed by atoms with E-state index in [9.17, 15) is 13.2 Å². The summed E-state index contributed by atoms with van der Waals surface area (Å²) >= 11 is 0. The molecule has 1 atom stereocenters.